The van der Waals surface area contributed by atoms with Gasteiger partial charge in [-0.1, -0.05) is 11.6 Å². The molecule has 1 aromatic rings. The van der Waals surface area contributed by atoms with Gasteiger partial charge in [-0.2, -0.15) is 0 Å². The molecule has 0 saturated heterocycles. The van der Waals surface area contributed by atoms with Crippen LogP contribution in [0.5, 0.6) is 0 Å². The van der Waals surface area contributed by atoms with Crippen molar-refractivity contribution in [3.63, 3.8) is 0 Å². The van der Waals surface area contributed by atoms with Crippen LogP contribution in [0.15, 0.2) is 18.2 Å². The molecule has 0 aliphatic heterocycles. The van der Waals surface area contributed by atoms with E-state index in [0.29, 0.717) is 0 Å². The van der Waals surface area contributed by atoms with Crippen molar-refractivity contribution in [1.29, 1.82) is 0 Å². The van der Waals surface area contributed by atoms with Gasteiger partial charge in [0.05, 0.1) is 10.7 Å². The standard InChI is InChI=1S/C13H16ClFN2O3/c1-4-17(13(2,3)11(18)19)12(20)16-10-7-8(15)5-6-9(10)14/h5-7H,4H2,1-3H3,(H,16,20)(H,18,19). The molecule has 7 heteroatoms. The highest BCUT2D eigenvalue weighted by Crippen LogP contribution is 2.24. The SMILES string of the molecule is CCN(C(=O)Nc1cc(F)ccc1Cl)C(C)(C)C(=O)O. The van der Waals surface area contributed by atoms with E-state index >= 15 is 0 Å². The maximum Gasteiger partial charge on any atom is 0.329 e. The van der Waals surface area contributed by atoms with E-state index in [1.54, 1.807) is 6.92 Å². The number of anilines is 1. The summed E-state index contributed by atoms with van der Waals surface area (Å²) >= 11 is 5.85. The molecule has 0 aromatic heterocycles. The van der Waals surface area contributed by atoms with Gasteiger partial charge >= 0.3 is 12.0 Å². The molecule has 0 heterocycles. The number of carbonyl (C=O) groups is 2. The lowest BCUT2D eigenvalue weighted by molar-refractivity contribution is -0.147. The van der Waals surface area contributed by atoms with Crippen LogP contribution in [0.2, 0.25) is 5.02 Å². The third-order valence-corrected chi connectivity index (χ3v) is 3.26. The van der Waals surface area contributed by atoms with Gasteiger partial charge in [-0.25, -0.2) is 14.0 Å². The molecule has 0 unspecified atom stereocenters. The number of nitrogens with one attached hydrogen (secondary N) is 1. The second-order valence-corrected chi connectivity index (χ2v) is 5.07. The fraction of sp³-hybridized carbons (Fsp3) is 0.385. The Hall–Kier alpha value is -1.82. The van der Waals surface area contributed by atoms with Crippen molar-refractivity contribution in [2.24, 2.45) is 0 Å². The first kappa shape index (κ1) is 16.2. The average Bonchev–Trinajstić information content (AvgIpc) is 2.34. The lowest BCUT2D eigenvalue weighted by atomic mass is 10.0. The van der Waals surface area contributed by atoms with E-state index in [1.165, 1.54) is 19.9 Å². The number of carboxylic acid groups (broad SMARTS) is 1. The summed E-state index contributed by atoms with van der Waals surface area (Å²) in [4.78, 5) is 24.4. The maximum absolute atomic E-state index is 13.1. The lowest BCUT2D eigenvalue weighted by Gasteiger charge is -2.34. The summed E-state index contributed by atoms with van der Waals surface area (Å²) in [6.45, 7) is 4.65. The molecule has 0 aliphatic rings. The van der Waals surface area contributed by atoms with Gasteiger partial charge in [0.25, 0.3) is 0 Å². The number of carbonyl (C=O) groups excluding carboxylic acids is 1. The highest BCUT2D eigenvalue weighted by molar-refractivity contribution is 6.33. The van der Waals surface area contributed by atoms with E-state index in [-0.39, 0.29) is 17.3 Å². The van der Waals surface area contributed by atoms with Gasteiger partial charge in [0, 0.05) is 6.54 Å². The molecule has 5 nitrogen and oxygen atoms in total. The smallest absolute Gasteiger partial charge is 0.329 e. The Morgan fingerprint density at radius 3 is 2.55 bits per heavy atom. The average molecular weight is 303 g/mol. The molecule has 0 atom stereocenters. The van der Waals surface area contributed by atoms with Crippen LogP contribution >= 0.6 is 11.6 Å². The van der Waals surface area contributed by atoms with Crippen LogP contribution in [0, 0.1) is 5.82 Å². The van der Waals surface area contributed by atoms with E-state index in [4.69, 9.17) is 16.7 Å². The van der Waals surface area contributed by atoms with Crippen molar-refractivity contribution in [3.05, 3.63) is 29.0 Å². The molecular weight excluding hydrogens is 287 g/mol. The molecule has 2 N–H and O–H groups in total. The van der Waals surface area contributed by atoms with Crippen molar-refractivity contribution in [2.75, 3.05) is 11.9 Å². The molecule has 110 valence electrons. The monoisotopic (exact) mass is 302 g/mol. The first-order valence-electron chi connectivity index (χ1n) is 5.97. The zero-order valence-corrected chi connectivity index (χ0v) is 12.2. The van der Waals surface area contributed by atoms with E-state index < -0.39 is 23.4 Å². The van der Waals surface area contributed by atoms with Crippen molar-refractivity contribution in [1.82, 2.24) is 4.90 Å². The van der Waals surface area contributed by atoms with E-state index in [1.807, 2.05) is 0 Å². The Morgan fingerprint density at radius 2 is 2.05 bits per heavy atom. The Morgan fingerprint density at radius 1 is 1.45 bits per heavy atom. The van der Waals surface area contributed by atoms with Crippen molar-refractivity contribution >= 4 is 29.3 Å². The van der Waals surface area contributed by atoms with Gasteiger partial charge in [0.1, 0.15) is 11.4 Å². The number of amides is 2. The number of likely N-dealkylation sites (N-methyl/N-ethyl adjacent to an activating group) is 1. The van der Waals surface area contributed by atoms with Crippen molar-refractivity contribution in [2.45, 2.75) is 26.3 Å². The fourth-order valence-corrected chi connectivity index (χ4v) is 1.85. The molecule has 1 aromatic carbocycles. The Kier molecular flexibility index (Phi) is 4.94. The van der Waals surface area contributed by atoms with Gasteiger partial charge in [0.2, 0.25) is 0 Å². The molecule has 0 radical (unpaired) electrons. The lowest BCUT2D eigenvalue weighted by Crippen LogP contribution is -2.54. The van der Waals surface area contributed by atoms with Gasteiger partial charge in [-0.3, -0.25) is 0 Å². The molecule has 1 rings (SSSR count). The molecule has 0 saturated carbocycles. The minimum absolute atomic E-state index is 0.0938. The van der Waals surface area contributed by atoms with Crippen LogP contribution in [0.1, 0.15) is 20.8 Å². The Balaban J connectivity index is 2.99. The van der Waals surface area contributed by atoms with Crippen LogP contribution in [-0.2, 0) is 4.79 Å². The van der Waals surface area contributed by atoms with Crippen LogP contribution in [0.4, 0.5) is 14.9 Å². The van der Waals surface area contributed by atoms with Gasteiger partial charge in [-0.15, -0.1) is 0 Å². The number of halogens is 2. The molecular formula is C13H16ClFN2O3. The molecule has 0 fully saturated rings. The zero-order chi connectivity index (χ0) is 15.5. The highest BCUT2D eigenvalue weighted by Gasteiger charge is 2.37. The van der Waals surface area contributed by atoms with Gasteiger partial charge in [-0.05, 0) is 39.0 Å². The summed E-state index contributed by atoms with van der Waals surface area (Å²) in [5, 5.41) is 11.7. The molecule has 0 aliphatic carbocycles. The van der Waals surface area contributed by atoms with Crippen LogP contribution in [0.25, 0.3) is 0 Å². The van der Waals surface area contributed by atoms with Gasteiger partial charge < -0.3 is 15.3 Å². The summed E-state index contributed by atoms with van der Waals surface area (Å²) in [5.41, 5.74) is -1.30. The second-order valence-electron chi connectivity index (χ2n) is 4.66. The van der Waals surface area contributed by atoms with Crippen LogP contribution < -0.4 is 5.32 Å². The van der Waals surface area contributed by atoms with Crippen LogP contribution in [-0.4, -0.2) is 34.1 Å². The number of aliphatic carboxylic acids is 1. The largest absolute Gasteiger partial charge is 0.480 e. The number of benzene rings is 1. The molecule has 0 spiro atoms. The number of urea groups is 1. The summed E-state index contributed by atoms with van der Waals surface area (Å²) in [5.74, 6) is -1.69. The first-order valence-corrected chi connectivity index (χ1v) is 6.35. The number of rotatable bonds is 4. The molecule has 20 heavy (non-hydrogen) atoms. The molecule has 2 amide bonds. The summed E-state index contributed by atoms with van der Waals surface area (Å²) in [6, 6.07) is 2.89. The van der Waals surface area contributed by atoms with Crippen molar-refractivity contribution in [3.8, 4) is 0 Å². The number of hydrogen-bond acceptors (Lipinski definition) is 2. The quantitative estimate of drug-likeness (QED) is 0.897. The number of carboxylic acids is 1. The van der Waals surface area contributed by atoms with E-state index in [2.05, 4.69) is 5.32 Å². The summed E-state index contributed by atoms with van der Waals surface area (Å²) in [6.07, 6.45) is 0. The maximum atomic E-state index is 13.1. The molecule has 0 bridgehead atoms. The normalized spacial score (nSPS) is 11.1. The first-order chi connectivity index (χ1) is 9.20. The fourth-order valence-electron chi connectivity index (χ4n) is 1.68. The second kappa shape index (κ2) is 6.09. The third-order valence-electron chi connectivity index (χ3n) is 2.93. The van der Waals surface area contributed by atoms with Crippen molar-refractivity contribution < 1.29 is 19.1 Å². The summed E-state index contributed by atoms with van der Waals surface area (Å²) < 4.78 is 13.1. The predicted molar refractivity (Wildman–Crippen MR) is 74.5 cm³/mol. The minimum Gasteiger partial charge on any atom is -0.480 e. The zero-order valence-electron chi connectivity index (χ0n) is 11.4. The van der Waals surface area contributed by atoms with Gasteiger partial charge in [0.15, 0.2) is 0 Å². The number of hydrogen-bond donors (Lipinski definition) is 2. The van der Waals surface area contributed by atoms with E-state index in [0.717, 1.165) is 17.0 Å². The summed E-state index contributed by atoms with van der Waals surface area (Å²) in [7, 11) is 0. The predicted octanol–water partition coefficient (Wildman–Crippen LogP) is 3.20. The topological polar surface area (TPSA) is 69.6 Å². The number of nitrogens with zero attached hydrogens (tertiary/aromatic N) is 1. The van der Waals surface area contributed by atoms with Crippen LogP contribution in [0.3, 0.4) is 0 Å². The third kappa shape index (κ3) is 3.39. The highest BCUT2D eigenvalue weighted by atomic mass is 35.5. The van der Waals surface area contributed by atoms with E-state index in [9.17, 15) is 14.0 Å². The Bertz CT molecular complexity index is 534. The minimum atomic E-state index is -1.39. The Labute approximate surface area is 121 Å².